The molecular weight excluding hydrogens is 326 g/mol. The number of anilines is 1. The van der Waals surface area contributed by atoms with Crippen molar-refractivity contribution in [2.24, 2.45) is 0 Å². The molecule has 0 radical (unpaired) electrons. The monoisotopic (exact) mass is 347 g/mol. The van der Waals surface area contributed by atoms with Crippen molar-refractivity contribution in [3.63, 3.8) is 0 Å². The molecule has 3 aromatic rings. The first-order chi connectivity index (χ1) is 12.7. The molecule has 0 aliphatic carbocycles. The average molecular weight is 347 g/mol. The number of piperazine rings is 1. The number of rotatable bonds is 3. The third-order valence-electron chi connectivity index (χ3n) is 4.74. The predicted molar refractivity (Wildman–Crippen MR) is 101 cm³/mol. The molecule has 0 unspecified atom stereocenters. The topological polar surface area (TPSA) is 54.3 Å². The molecule has 1 fully saturated rings. The minimum atomic E-state index is 0.0739. The molecular formula is C20H21N5O. The van der Waals surface area contributed by atoms with Gasteiger partial charge < -0.3 is 14.4 Å². The number of carbonyl (C=O) groups excluding carboxylic acids is 1. The Hall–Kier alpha value is -3.15. The van der Waals surface area contributed by atoms with E-state index < -0.39 is 0 Å². The van der Waals surface area contributed by atoms with Crippen LogP contribution >= 0.6 is 0 Å². The van der Waals surface area contributed by atoms with Gasteiger partial charge in [0.2, 0.25) is 0 Å². The van der Waals surface area contributed by atoms with Gasteiger partial charge in [0.15, 0.2) is 0 Å². The van der Waals surface area contributed by atoms with E-state index in [9.17, 15) is 4.79 Å². The van der Waals surface area contributed by atoms with Crippen LogP contribution in [0.3, 0.4) is 0 Å². The summed E-state index contributed by atoms with van der Waals surface area (Å²) in [6.45, 7) is 4.84. The third kappa shape index (κ3) is 3.06. The first kappa shape index (κ1) is 16.3. The van der Waals surface area contributed by atoms with Crippen LogP contribution in [0.4, 0.5) is 5.82 Å². The molecule has 1 aromatic carbocycles. The number of benzene rings is 1. The fourth-order valence-electron chi connectivity index (χ4n) is 3.38. The zero-order chi connectivity index (χ0) is 17.9. The molecule has 6 heteroatoms. The second-order valence-corrected chi connectivity index (χ2v) is 6.35. The summed E-state index contributed by atoms with van der Waals surface area (Å²) >= 11 is 0. The van der Waals surface area contributed by atoms with Crippen LogP contribution in [0.15, 0.2) is 61.2 Å². The Kier molecular flexibility index (Phi) is 4.39. The Labute approximate surface area is 152 Å². The van der Waals surface area contributed by atoms with Crippen LogP contribution in [-0.2, 0) is 0 Å². The van der Waals surface area contributed by atoms with E-state index in [1.807, 2.05) is 65.2 Å². The van der Waals surface area contributed by atoms with Gasteiger partial charge in [-0.15, -0.1) is 0 Å². The van der Waals surface area contributed by atoms with Crippen LogP contribution < -0.4 is 4.90 Å². The summed E-state index contributed by atoms with van der Waals surface area (Å²) < 4.78 is 1.98. The van der Waals surface area contributed by atoms with E-state index in [1.165, 1.54) is 0 Å². The Bertz CT molecular complexity index is 898. The first-order valence-electron chi connectivity index (χ1n) is 8.78. The smallest absolute Gasteiger partial charge is 0.256 e. The highest BCUT2D eigenvalue weighted by Gasteiger charge is 2.25. The fraction of sp³-hybridized carbons (Fsp3) is 0.250. The number of hydrogen-bond acceptors (Lipinski definition) is 4. The van der Waals surface area contributed by atoms with E-state index in [0.717, 1.165) is 35.9 Å². The van der Waals surface area contributed by atoms with E-state index in [2.05, 4.69) is 14.9 Å². The summed E-state index contributed by atoms with van der Waals surface area (Å²) in [5, 5.41) is 0. The van der Waals surface area contributed by atoms with Crippen molar-refractivity contribution in [2.75, 3.05) is 31.1 Å². The molecule has 26 heavy (non-hydrogen) atoms. The molecule has 0 spiro atoms. The van der Waals surface area contributed by atoms with E-state index >= 15 is 0 Å². The summed E-state index contributed by atoms with van der Waals surface area (Å²) in [7, 11) is 0. The van der Waals surface area contributed by atoms with Gasteiger partial charge in [-0.1, -0.05) is 12.1 Å². The standard InChI is InChI=1S/C20H21N5O/c1-16-19(22-9-8-21-16)24-12-14-25(15-13-24)20(26)17-6-2-3-7-18(17)23-10-4-5-11-23/h2-11H,12-15H2,1H3. The fourth-order valence-corrected chi connectivity index (χ4v) is 3.38. The van der Waals surface area contributed by atoms with Crippen molar-refractivity contribution in [3.05, 3.63) is 72.4 Å². The SMILES string of the molecule is Cc1nccnc1N1CCN(C(=O)c2ccccc2-n2cccc2)CC1. The van der Waals surface area contributed by atoms with E-state index in [4.69, 9.17) is 0 Å². The molecule has 0 bridgehead atoms. The molecule has 0 N–H and O–H groups in total. The zero-order valence-corrected chi connectivity index (χ0v) is 14.7. The van der Waals surface area contributed by atoms with Gasteiger partial charge in [-0.05, 0) is 31.2 Å². The van der Waals surface area contributed by atoms with Gasteiger partial charge in [0.25, 0.3) is 5.91 Å². The molecule has 1 aliphatic rings. The lowest BCUT2D eigenvalue weighted by Crippen LogP contribution is -2.49. The molecule has 1 amide bonds. The van der Waals surface area contributed by atoms with Gasteiger partial charge >= 0.3 is 0 Å². The molecule has 3 heterocycles. The van der Waals surface area contributed by atoms with Crippen LogP contribution in [-0.4, -0.2) is 51.5 Å². The highest BCUT2D eigenvalue weighted by molar-refractivity contribution is 5.98. The van der Waals surface area contributed by atoms with Gasteiger partial charge in [0.1, 0.15) is 5.82 Å². The van der Waals surface area contributed by atoms with Crippen molar-refractivity contribution in [2.45, 2.75) is 6.92 Å². The molecule has 0 atom stereocenters. The van der Waals surface area contributed by atoms with Crippen molar-refractivity contribution >= 4 is 11.7 Å². The highest BCUT2D eigenvalue weighted by Crippen LogP contribution is 2.20. The van der Waals surface area contributed by atoms with Crippen LogP contribution in [0, 0.1) is 6.92 Å². The second-order valence-electron chi connectivity index (χ2n) is 6.35. The van der Waals surface area contributed by atoms with Crippen molar-refractivity contribution in [1.29, 1.82) is 0 Å². The molecule has 0 saturated carbocycles. The summed E-state index contributed by atoms with van der Waals surface area (Å²) in [4.78, 5) is 26.0. The molecule has 1 aliphatic heterocycles. The van der Waals surface area contributed by atoms with Crippen LogP contribution in [0.1, 0.15) is 16.1 Å². The normalized spacial score (nSPS) is 14.5. The largest absolute Gasteiger partial charge is 0.352 e. The number of aromatic nitrogens is 3. The molecule has 1 saturated heterocycles. The Morgan fingerprint density at radius 1 is 0.923 bits per heavy atom. The Balaban J connectivity index is 1.51. The van der Waals surface area contributed by atoms with Gasteiger partial charge in [-0.2, -0.15) is 0 Å². The van der Waals surface area contributed by atoms with Crippen LogP contribution in [0.25, 0.3) is 5.69 Å². The summed E-state index contributed by atoms with van der Waals surface area (Å²) in [6, 6.07) is 11.7. The first-order valence-corrected chi connectivity index (χ1v) is 8.78. The third-order valence-corrected chi connectivity index (χ3v) is 4.74. The molecule has 132 valence electrons. The van der Waals surface area contributed by atoms with Gasteiger partial charge in [0, 0.05) is 51.0 Å². The zero-order valence-electron chi connectivity index (χ0n) is 14.7. The van der Waals surface area contributed by atoms with Crippen LogP contribution in [0.5, 0.6) is 0 Å². The maximum Gasteiger partial charge on any atom is 0.256 e. The lowest BCUT2D eigenvalue weighted by Gasteiger charge is -2.36. The highest BCUT2D eigenvalue weighted by atomic mass is 16.2. The number of aryl methyl sites for hydroxylation is 1. The lowest BCUT2D eigenvalue weighted by atomic mass is 10.1. The van der Waals surface area contributed by atoms with Gasteiger partial charge in [-0.25, -0.2) is 4.98 Å². The Morgan fingerprint density at radius 3 is 2.35 bits per heavy atom. The number of nitrogens with zero attached hydrogens (tertiary/aromatic N) is 5. The number of hydrogen-bond donors (Lipinski definition) is 0. The maximum absolute atomic E-state index is 13.1. The summed E-state index contributed by atoms with van der Waals surface area (Å²) in [5.41, 5.74) is 2.56. The van der Waals surface area contributed by atoms with Crippen molar-refractivity contribution in [1.82, 2.24) is 19.4 Å². The lowest BCUT2D eigenvalue weighted by molar-refractivity contribution is 0.0746. The number of para-hydroxylation sites is 1. The van der Waals surface area contributed by atoms with E-state index in [0.29, 0.717) is 13.1 Å². The summed E-state index contributed by atoms with van der Waals surface area (Å²) in [5.74, 6) is 0.983. The van der Waals surface area contributed by atoms with E-state index in [-0.39, 0.29) is 5.91 Å². The molecule has 6 nitrogen and oxygen atoms in total. The maximum atomic E-state index is 13.1. The predicted octanol–water partition coefficient (Wildman–Crippen LogP) is 2.54. The molecule has 2 aromatic heterocycles. The van der Waals surface area contributed by atoms with Crippen molar-refractivity contribution in [3.8, 4) is 5.69 Å². The Morgan fingerprint density at radius 2 is 1.62 bits per heavy atom. The number of carbonyl (C=O) groups is 1. The van der Waals surface area contributed by atoms with Gasteiger partial charge in [0.05, 0.1) is 16.9 Å². The quantitative estimate of drug-likeness (QED) is 0.731. The van der Waals surface area contributed by atoms with Crippen molar-refractivity contribution < 1.29 is 4.79 Å². The molecule has 4 rings (SSSR count). The van der Waals surface area contributed by atoms with E-state index in [1.54, 1.807) is 12.4 Å². The minimum Gasteiger partial charge on any atom is -0.352 e. The average Bonchev–Trinajstić information content (AvgIpc) is 3.23. The second kappa shape index (κ2) is 7.00. The minimum absolute atomic E-state index is 0.0739. The number of amides is 1. The van der Waals surface area contributed by atoms with Gasteiger partial charge in [-0.3, -0.25) is 9.78 Å². The van der Waals surface area contributed by atoms with Crippen LogP contribution in [0.2, 0.25) is 0 Å². The summed E-state index contributed by atoms with van der Waals surface area (Å²) in [6.07, 6.45) is 7.34.